The van der Waals surface area contributed by atoms with Gasteiger partial charge in [0.1, 0.15) is 5.82 Å². The van der Waals surface area contributed by atoms with E-state index in [0.29, 0.717) is 0 Å². The Morgan fingerprint density at radius 2 is 2.12 bits per heavy atom. The van der Waals surface area contributed by atoms with Gasteiger partial charge in [-0.3, -0.25) is 4.99 Å². The molecule has 0 aliphatic carbocycles. The monoisotopic (exact) mass is 221 g/mol. The molecule has 0 saturated carbocycles. The van der Waals surface area contributed by atoms with Crippen molar-refractivity contribution in [1.82, 2.24) is 10.6 Å². The number of nitrogens with zero attached hydrogens (tertiary/aromatic N) is 1. The Morgan fingerprint density at radius 3 is 2.81 bits per heavy atom. The Labute approximate surface area is 94.8 Å². The number of hydrogen-bond donors (Lipinski definition) is 2. The number of hydrogen-bond acceptors (Lipinski definition) is 3. The second-order valence-corrected chi connectivity index (χ2v) is 3.81. The first-order valence-corrected chi connectivity index (χ1v) is 5.61. The zero-order valence-corrected chi connectivity index (χ0v) is 9.17. The van der Waals surface area contributed by atoms with Gasteiger partial charge in [0.25, 0.3) is 0 Å². The van der Waals surface area contributed by atoms with Crippen LogP contribution < -0.4 is 10.6 Å². The first-order chi connectivity index (χ1) is 7.84. The molecule has 16 heavy (non-hydrogen) atoms. The summed E-state index contributed by atoms with van der Waals surface area (Å²) in [6, 6.07) is 6.61. The van der Waals surface area contributed by atoms with E-state index in [0.717, 1.165) is 44.0 Å². The molecule has 0 spiro atoms. The minimum absolute atomic E-state index is 0.185. The summed E-state index contributed by atoms with van der Waals surface area (Å²) >= 11 is 0. The molecule has 4 heteroatoms. The molecule has 0 aromatic heterocycles. The van der Waals surface area contributed by atoms with E-state index in [4.69, 9.17) is 0 Å². The molecule has 1 aliphatic rings. The van der Waals surface area contributed by atoms with Crippen LogP contribution in [0.1, 0.15) is 12.0 Å². The summed E-state index contributed by atoms with van der Waals surface area (Å²) in [6.07, 6.45) is 1.98. The van der Waals surface area contributed by atoms with Crippen LogP contribution in [0.2, 0.25) is 0 Å². The van der Waals surface area contributed by atoms with E-state index in [1.54, 1.807) is 0 Å². The lowest BCUT2D eigenvalue weighted by molar-refractivity contribution is 0.626. The number of halogens is 1. The Morgan fingerprint density at radius 1 is 1.31 bits per heavy atom. The number of aliphatic imine (C=N–C) groups is 1. The molecule has 1 aliphatic heterocycles. The molecule has 0 amide bonds. The van der Waals surface area contributed by atoms with Crippen molar-refractivity contribution in [3.05, 3.63) is 35.6 Å². The van der Waals surface area contributed by atoms with E-state index in [9.17, 15) is 4.39 Å². The first kappa shape index (κ1) is 10.9. The van der Waals surface area contributed by atoms with E-state index >= 15 is 0 Å². The topological polar surface area (TPSA) is 36.4 Å². The molecular formula is C12H16FN3. The third kappa shape index (κ3) is 3.22. The molecule has 0 atom stereocenters. The van der Waals surface area contributed by atoms with Crippen molar-refractivity contribution >= 4 is 5.96 Å². The standard InChI is InChI=1S/C12H16FN3/c13-11-4-2-10(3-5-11)6-9-16-12-14-7-1-8-15-12/h2-5H,1,6-9H2,(H2,14,15,16). The fourth-order valence-corrected chi connectivity index (χ4v) is 1.63. The van der Waals surface area contributed by atoms with Gasteiger partial charge in [0.15, 0.2) is 5.96 Å². The highest BCUT2D eigenvalue weighted by Crippen LogP contribution is 2.02. The average Bonchev–Trinajstić information content (AvgIpc) is 2.33. The molecule has 2 rings (SSSR count). The minimum Gasteiger partial charge on any atom is -0.356 e. The molecule has 0 radical (unpaired) electrons. The van der Waals surface area contributed by atoms with Gasteiger partial charge in [0.05, 0.1) is 0 Å². The summed E-state index contributed by atoms with van der Waals surface area (Å²) in [6.45, 7) is 2.70. The fourth-order valence-electron chi connectivity index (χ4n) is 1.63. The number of nitrogens with one attached hydrogen (secondary N) is 2. The van der Waals surface area contributed by atoms with E-state index in [-0.39, 0.29) is 5.82 Å². The summed E-state index contributed by atoms with van der Waals surface area (Å²) in [4.78, 5) is 4.31. The van der Waals surface area contributed by atoms with Gasteiger partial charge < -0.3 is 10.6 Å². The number of guanidine groups is 1. The van der Waals surface area contributed by atoms with Gasteiger partial charge >= 0.3 is 0 Å². The molecule has 1 aromatic carbocycles. The zero-order chi connectivity index (χ0) is 11.2. The molecule has 0 fully saturated rings. The van der Waals surface area contributed by atoms with E-state index in [2.05, 4.69) is 15.6 Å². The van der Waals surface area contributed by atoms with Gasteiger partial charge in [-0.2, -0.15) is 0 Å². The second kappa shape index (κ2) is 5.49. The van der Waals surface area contributed by atoms with Gasteiger partial charge in [0.2, 0.25) is 0 Å². The molecule has 3 nitrogen and oxygen atoms in total. The summed E-state index contributed by atoms with van der Waals surface area (Å²) in [7, 11) is 0. The van der Waals surface area contributed by atoms with Crippen LogP contribution in [0, 0.1) is 5.82 Å². The Kier molecular flexibility index (Phi) is 3.75. The first-order valence-electron chi connectivity index (χ1n) is 5.61. The minimum atomic E-state index is -0.185. The summed E-state index contributed by atoms with van der Waals surface area (Å²) in [5, 5.41) is 6.42. The van der Waals surface area contributed by atoms with E-state index in [1.807, 2.05) is 12.1 Å². The van der Waals surface area contributed by atoms with Crippen LogP contribution in [-0.4, -0.2) is 25.6 Å². The van der Waals surface area contributed by atoms with Gasteiger partial charge in [-0.15, -0.1) is 0 Å². The van der Waals surface area contributed by atoms with E-state index in [1.165, 1.54) is 12.1 Å². The maximum absolute atomic E-state index is 12.7. The highest BCUT2D eigenvalue weighted by atomic mass is 19.1. The van der Waals surface area contributed by atoms with Gasteiger partial charge in [-0.25, -0.2) is 4.39 Å². The molecule has 0 bridgehead atoms. The van der Waals surface area contributed by atoms with Crippen LogP contribution in [0.5, 0.6) is 0 Å². The summed E-state index contributed by atoms with van der Waals surface area (Å²) in [5.74, 6) is 0.698. The molecule has 1 aromatic rings. The second-order valence-electron chi connectivity index (χ2n) is 3.81. The van der Waals surface area contributed by atoms with Crippen LogP contribution in [0.3, 0.4) is 0 Å². The number of benzene rings is 1. The zero-order valence-electron chi connectivity index (χ0n) is 9.17. The highest BCUT2D eigenvalue weighted by Gasteiger charge is 2.02. The number of rotatable bonds is 3. The lowest BCUT2D eigenvalue weighted by Gasteiger charge is -2.15. The SMILES string of the molecule is Fc1ccc(CCNC2=NCCCN2)cc1. The van der Waals surface area contributed by atoms with Crippen LogP contribution in [0.25, 0.3) is 0 Å². The fraction of sp³-hybridized carbons (Fsp3) is 0.417. The van der Waals surface area contributed by atoms with Gasteiger partial charge in [-0.05, 0) is 30.5 Å². The predicted molar refractivity (Wildman–Crippen MR) is 63.0 cm³/mol. The van der Waals surface area contributed by atoms with Crippen molar-refractivity contribution in [2.75, 3.05) is 19.6 Å². The predicted octanol–water partition coefficient (Wildman–Crippen LogP) is 1.31. The van der Waals surface area contributed by atoms with Gasteiger partial charge in [-0.1, -0.05) is 12.1 Å². The maximum atomic E-state index is 12.7. The lowest BCUT2D eigenvalue weighted by atomic mass is 10.1. The molecule has 0 unspecified atom stereocenters. The third-order valence-electron chi connectivity index (χ3n) is 2.52. The van der Waals surface area contributed by atoms with Crippen LogP contribution in [0.4, 0.5) is 4.39 Å². The third-order valence-corrected chi connectivity index (χ3v) is 2.52. The Bertz CT molecular complexity index is 359. The van der Waals surface area contributed by atoms with Crippen molar-refractivity contribution in [3.63, 3.8) is 0 Å². The molecule has 2 N–H and O–H groups in total. The summed E-state index contributed by atoms with van der Waals surface area (Å²) < 4.78 is 12.7. The van der Waals surface area contributed by atoms with Crippen molar-refractivity contribution < 1.29 is 4.39 Å². The van der Waals surface area contributed by atoms with Crippen molar-refractivity contribution in [2.45, 2.75) is 12.8 Å². The molecule has 86 valence electrons. The normalized spacial score (nSPS) is 15.2. The molecule has 0 saturated heterocycles. The van der Waals surface area contributed by atoms with Gasteiger partial charge in [0, 0.05) is 19.6 Å². The smallest absolute Gasteiger partial charge is 0.191 e. The van der Waals surface area contributed by atoms with Crippen molar-refractivity contribution in [3.8, 4) is 0 Å². The lowest BCUT2D eigenvalue weighted by Crippen LogP contribution is -2.41. The van der Waals surface area contributed by atoms with Crippen LogP contribution >= 0.6 is 0 Å². The quantitative estimate of drug-likeness (QED) is 0.807. The highest BCUT2D eigenvalue weighted by molar-refractivity contribution is 5.80. The van der Waals surface area contributed by atoms with E-state index < -0.39 is 0 Å². The largest absolute Gasteiger partial charge is 0.356 e. The van der Waals surface area contributed by atoms with Crippen molar-refractivity contribution in [2.24, 2.45) is 4.99 Å². The maximum Gasteiger partial charge on any atom is 0.191 e. The van der Waals surface area contributed by atoms with Crippen LogP contribution in [-0.2, 0) is 6.42 Å². The van der Waals surface area contributed by atoms with Crippen LogP contribution in [0.15, 0.2) is 29.3 Å². The van der Waals surface area contributed by atoms with Crippen molar-refractivity contribution in [1.29, 1.82) is 0 Å². The Hall–Kier alpha value is -1.58. The molecular weight excluding hydrogens is 205 g/mol. The summed E-state index contributed by atoms with van der Waals surface area (Å²) in [5.41, 5.74) is 1.13. The average molecular weight is 221 g/mol. The Balaban J connectivity index is 1.75. The molecule has 1 heterocycles.